The van der Waals surface area contributed by atoms with Gasteiger partial charge in [-0.05, 0) is 56.5 Å². The van der Waals surface area contributed by atoms with Crippen molar-refractivity contribution >= 4 is 29.9 Å². The molecule has 2 aliphatic rings. The number of piperazine rings is 1. The summed E-state index contributed by atoms with van der Waals surface area (Å²) >= 11 is 6.02. The maximum absolute atomic E-state index is 12.6. The van der Waals surface area contributed by atoms with Crippen LogP contribution in [-0.2, 0) is 11.2 Å². The molecule has 140 valence electrons. The van der Waals surface area contributed by atoms with Crippen LogP contribution in [-0.4, -0.2) is 61.0 Å². The van der Waals surface area contributed by atoms with Crippen LogP contribution in [0.4, 0.5) is 0 Å². The van der Waals surface area contributed by atoms with E-state index in [2.05, 4.69) is 17.1 Å². The first-order chi connectivity index (χ1) is 11.6. The first-order valence-corrected chi connectivity index (χ1v) is 9.46. The van der Waals surface area contributed by atoms with E-state index in [9.17, 15) is 4.79 Å². The molecule has 25 heavy (non-hydrogen) atoms. The molecule has 2 saturated heterocycles. The highest BCUT2D eigenvalue weighted by molar-refractivity contribution is 6.30. The number of carbonyl (C=O) groups excluding carboxylic acids is 1. The van der Waals surface area contributed by atoms with Crippen molar-refractivity contribution in [1.82, 2.24) is 15.1 Å². The number of benzene rings is 1. The molecule has 1 aromatic carbocycles. The Kier molecular flexibility index (Phi) is 8.01. The molecule has 0 aromatic heterocycles. The second-order valence-electron chi connectivity index (χ2n) is 7.20. The minimum atomic E-state index is 0. The van der Waals surface area contributed by atoms with Gasteiger partial charge in [-0.3, -0.25) is 9.69 Å². The number of carbonyl (C=O) groups is 1. The lowest BCUT2D eigenvalue weighted by atomic mass is 9.97. The third kappa shape index (κ3) is 5.85. The van der Waals surface area contributed by atoms with Gasteiger partial charge >= 0.3 is 0 Å². The second-order valence-corrected chi connectivity index (χ2v) is 7.63. The van der Waals surface area contributed by atoms with Crippen molar-refractivity contribution in [3.63, 3.8) is 0 Å². The van der Waals surface area contributed by atoms with Crippen LogP contribution in [0.25, 0.3) is 0 Å². The predicted octanol–water partition coefficient (Wildman–Crippen LogP) is 2.84. The van der Waals surface area contributed by atoms with Gasteiger partial charge < -0.3 is 10.2 Å². The van der Waals surface area contributed by atoms with Gasteiger partial charge in [-0.1, -0.05) is 23.7 Å². The van der Waals surface area contributed by atoms with Gasteiger partial charge in [0.15, 0.2) is 0 Å². The highest BCUT2D eigenvalue weighted by atomic mass is 35.5. The van der Waals surface area contributed by atoms with Crippen LogP contribution in [0, 0.1) is 5.92 Å². The number of hydrogen-bond donors (Lipinski definition) is 1. The van der Waals surface area contributed by atoms with E-state index in [1.807, 2.05) is 29.2 Å². The zero-order valence-corrected chi connectivity index (χ0v) is 16.5. The maximum Gasteiger partial charge on any atom is 0.227 e. The van der Waals surface area contributed by atoms with Gasteiger partial charge in [0, 0.05) is 37.2 Å². The predicted molar refractivity (Wildman–Crippen MR) is 106 cm³/mol. The fourth-order valence-electron chi connectivity index (χ4n) is 3.92. The van der Waals surface area contributed by atoms with E-state index in [1.165, 1.54) is 19.4 Å². The first kappa shape index (κ1) is 20.5. The molecule has 1 atom stereocenters. The number of rotatable bonds is 4. The van der Waals surface area contributed by atoms with Crippen LogP contribution in [0.2, 0.25) is 5.02 Å². The number of amides is 1. The van der Waals surface area contributed by atoms with Gasteiger partial charge in [0.2, 0.25) is 5.91 Å². The van der Waals surface area contributed by atoms with Crippen molar-refractivity contribution in [2.75, 3.05) is 39.3 Å². The molecule has 1 N–H and O–H groups in total. The summed E-state index contributed by atoms with van der Waals surface area (Å²) in [5, 5.41) is 4.12. The summed E-state index contributed by atoms with van der Waals surface area (Å²) in [4.78, 5) is 17.2. The SMILES string of the molecule is CC1CN(CC2CCNCC2)CCN1C(=O)Cc1cccc(Cl)c1.Cl. The van der Waals surface area contributed by atoms with Crippen molar-refractivity contribution in [3.8, 4) is 0 Å². The molecule has 0 spiro atoms. The molecule has 1 amide bonds. The molecular formula is C19H29Cl2N3O. The van der Waals surface area contributed by atoms with E-state index in [4.69, 9.17) is 11.6 Å². The first-order valence-electron chi connectivity index (χ1n) is 9.09. The Morgan fingerprint density at radius 1 is 1.28 bits per heavy atom. The van der Waals surface area contributed by atoms with E-state index in [1.54, 1.807) is 0 Å². The molecule has 2 heterocycles. The summed E-state index contributed by atoms with van der Waals surface area (Å²) < 4.78 is 0. The number of nitrogens with one attached hydrogen (secondary N) is 1. The molecule has 0 bridgehead atoms. The molecule has 0 radical (unpaired) electrons. The van der Waals surface area contributed by atoms with Crippen molar-refractivity contribution in [2.45, 2.75) is 32.2 Å². The van der Waals surface area contributed by atoms with Crippen LogP contribution in [0.15, 0.2) is 24.3 Å². The van der Waals surface area contributed by atoms with E-state index >= 15 is 0 Å². The van der Waals surface area contributed by atoms with Crippen LogP contribution in [0.1, 0.15) is 25.3 Å². The van der Waals surface area contributed by atoms with Gasteiger partial charge in [0.25, 0.3) is 0 Å². The lowest BCUT2D eigenvalue weighted by molar-refractivity contribution is -0.135. The minimum absolute atomic E-state index is 0. The van der Waals surface area contributed by atoms with E-state index in [-0.39, 0.29) is 24.4 Å². The van der Waals surface area contributed by atoms with Crippen molar-refractivity contribution in [3.05, 3.63) is 34.9 Å². The standard InChI is InChI=1S/C19H28ClN3O.ClH/c1-15-13-22(14-16-5-7-21-8-6-16)9-10-23(15)19(24)12-17-3-2-4-18(20)11-17;/h2-4,11,15-16,21H,5-10,12-14H2,1H3;1H. The van der Waals surface area contributed by atoms with Crippen LogP contribution < -0.4 is 5.32 Å². The molecule has 6 heteroatoms. The molecule has 2 aliphatic heterocycles. The highest BCUT2D eigenvalue weighted by Crippen LogP contribution is 2.18. The van der Waals surface area contributed by atoms with Crippen molar-refractivity contribution < 1.29 is 4.79 Å². The molecule has 1 aromatic rings. The molecule has 4 nitrogen and oxygen atoms in total. The third-order valence-corrected chi connectivity index (χ3v) is 5.49. The Labute approximate surface area is 162 Å². The Balaban J connectivity index is 0.00000225. The molecule has 0 aliphatic carbocycles. The zero-order chi connectivity index (χ0) is 16.9. The third-order valence-electron chi connectivity index (χ3n) is 5.25. The summed E-state index contributed by atoms with van der Waals surface area (Å²) in [5.41, 5.74) is 0.997. The van der Waals surface area contributed by atoms with Gasteiger partial charge in [-0.2, -0.15) is 0 Å². The number of nitrogens with zero attached hydrogens (tertiary/aromatic N) is 2. The van der Waals surface area contributed by atoms with Gasteiger partial charge in [0.05, 0.1) is 6.42 Å². The summed E-state index contributed by atoms with van der Waals surface area (Å²) in [7, 11) is 0. The normalized spacial score (nSPS) is 22.5. The number of hydrogen-bond acceptors (Lipinski definition) is 3. The maximum atomic E-state index is 12.6. The zero-order valence-electron chi connectivity index (χ0n) is 14.9. The topological polar surface area (TPSA) is 35.6 Å². The summed E-state index contributed by atoms with van der Waals surface area (Å²) in [5.74, 6) is 1.03. The highest BCUT2D eigenvalue weighted by Gasteiger charge is 2.28. The fraction of sp³-hybridized carbons (Fsp3) is 0.632. The Bertz CT molecular complexity index is 563. The lowest BCUT2D eigenvalue weighted by Crippen LogP contribution is -2.55. The van der Waals surface area contributed by atoms with Gasteiger partial charge in [0.1, 0.15) is 0 Å². The quantitative estimate of drug-likeness (QED) is 0.865. The Hall–Kier alpha value is -0.810. The smallest absolute Gasteiger partial charge is 0.227 e. The monoisotopic (exact) mass is 385 g/mol. The average molecular weight is 386 g/mol. The molecule has 2 fully saturated rings. The second kappa shape index (κ2) is 9.77. The largest absolute Gasteiger partial charge is 0.337 e. The van der Waals surface area contributed by atoms with Gasteiger partial charge in [-0.25, -0.2) is 0 Å². The van der Waals surface area contributed by atoms with Crippen LogP contribution >= 0.6 is 24.0 Å². The fourth-order valence-corrected chi connectivity index (χ4v) is 4.13. The summed E-state index contributed by atoms with van der Waals surface area (Å²) in [6, 6.07) is 7.90. The number of halogens is 2. The Morgan fingerprint density at radius 2 is 2.04 bits per heavy atom. The summed E-state index contributed by atoms with van der Waals surface area (Å²) in [6.45, 7) is 8.48. The number of piperidine rings is 1. The molecule has 0 saturated carbocycles. The van der Waals surface area contributed by atoms with E-state index in [0.29, 0.717) is 11.4 Å². The van der Waals surface area contributed by atoms with Gasteiger partial charge in [-0.15, -0.1) is 12.4 Å². The van der Waals surface area contributed by atoms with E-state index in [0.717, 1.165) is 44.2 Å². The Morgan fingerprint density at radius 3 is 2.72 bits per heavy atom. The van der Waals surface area contributed by atoms with Crippen molar-refractivity contribution in [2.24, 2.45) is 5.92 Å². The summed E-state index contributed by atoms with van der Waals surface area (Å²) in [6.07, 6.45) is 3.00. The molecule has 1 unspecified atom stereocenters. The van der Waals surface area contributed by atoms with Crippen LogP contribution in [0.3, 0.4) is 0 Å². The molecule has 3 rings (SSSR count). The average Bonchev–Trinajstić information content (AvgIpc) is 2.56. The van der Waals surface area contributed by atoms with Crippen LogP contribution in [0.5, 0.6) is 0 Å². The van der Waals surface area contributed by atoms with E-state index < -0.39 is 0 Å². The lowest BCUT2D eigenvalue weighted by Gasteiger charge is -2.41. The minimum Gasteiger partial charge on any atom is -0.337 e. The van der Waals surface area contributed by atoms with Crippen molar-refractivity contribution in [1.29, 1.82) is 0 Å². The molecular weight excluding hydrogens is 357 g/mol.